The first-order chi connectivity index (χ1) is 48.7. The van der Waals surface area contributed by atoms with E-state index in [9.17, 15) is 43.2 Å². The van der Waals surface area contributed by atoms with Crippen LogP contribution in [-0.2, 0) is 65.4 Å². The third-order valence-corrected chi connectivity index (χ3v) is 16.9. The maximum Gasteiger partial charge on any atom is 0.472 e. The average molecular weight is 1440 g/mol. The van der Waals surface area contributed by atoms with Gasteiger partial charge in [0.2, 0.25) is 0 Å². The third-order valence-electron chi connectivity index (χ3n) is 15.0. The van der Waals surface area contributed by atoms with Crippen molar-refractivity contribution in [3.8, 4) is 0 Å². The van der Waals surface area contributed by atoms with Gasteiger partial charge in [0, 0.05) is 25.7 Å². The summed E-state index contributed by atoms with van der Waals surface area (Å²) in [6.45, 7) is 4.36. The number of ether oxygens (including phenoxy) is 4. The smallest absolute Gasteiger partial charge is 0.462 e. The van der Waals surface area contributed by atoms with Gasteiger partial charge in [-0.1, -0.05) is 263 Å². The highest BCUT2D eigenvalue weighted by molar-refractivity contribution is 7.47. The number of phosphoric ester groups is 2. The SMILES string of the molecule is CC/C=C\C/C=C\C/C=C\C/C=C\C/C=C\CCCC(=O)OCC(COP(=O)(O)OCC(O)COP(=O)(O)OCC(COC(=O)CCCC/C=C\C/C=C\C/C=C\C/C=C\CC)OC(=O)CCCCCCCCCCCCC)OC(=O)CCCCCC/C=C\C/C=C\C/C=C\C/C=C\CC. The molecule has 0 spiro atoms. The van der Waals surface area contributed by atoms with Crippen LogP contribution in [0.2, 0.25) is 0 Å². The molecule has 5 unspecified atom stereocenters. The molecule has 5 atom stereocenters. The standard InChI is InChI=1S/C81H132O17P2/c1-5-9-13-17-21-25-29-32-35-37-40-43-47-50-54-58-62-66-79(84)92-72-77(98-81(86)68-64-60-56-52-48-44-41-38-36-33-30-26-22-18-14-10-6-2)74-96-100(89,90)94-70-75(82)69-93-99(87,88)95-73-76(97-80(85)67-63-59-55-51-45-28-24-20-16-12-8-4)71-91-78(83)65-61-57-53-49-46-42-39-34-31-27-23-19-15-11-7-3/h9-11,13-15,21-23,25-27,32-36,39-41,43-44,46,49-50,54,75-77,82H,5-8,12,16-20,24,28-31,37-38,42,45,47-48,51-53,55-74H2,1-4H3,(H,87,88)(H,89,90)/b13-9-,14-10-,15-11-,25-21-,26-22-,27-23-,35-32-,36-33-,39-34-,43-40-,44-41-,49-46-,54-50-. The quantitative estimate of drug-likeness (QED) is 0.0169. The normalized spacial score (nSPS) is 14.8. The van der Waals surface area contributed by atoms with Gasteiger partial charge >= 0.3 is 39.5 Å². The summed E-state index contributed by atoms with van der Waals surface area (Å²) in [4.78, 5) is 72.8. The minimum Gasteiger partial charge on any atom is -0.462 e. The lowest BCUT2D eigenvalue weighted by Crippen LogP contribution is -2.30. The number of phosphoric acid groups is 2. The van der Waals surface area contributed by atoms with E-state index in [0.29, 0.717) is 32.1 Å². The fourth-order valence-corrected chi connectivity index (χ4v) is 10.9. The van der Waals surface area contributed by atoms with Crippen LogP contribution in [0.5, 0.6) is 0 Å². The van der Waals surface area contributed by atoms with Gasteiger partial charge in [0.25, 0.3) is 0 Å². The molecule has 0 fully saturated rings. The van der Waals surface area contributed by atoms with Crippen molar-refractivity contribution in [3.63, 3.8) is 0 Å². The number of aliphatic hydroxyl groups excluding tert-OH is 1. The highest BCUT2D eigenvalue weighted by atomic mass is 31.2. The molecule has 17 nitrogen and oxygen atoms in total. The number of rotatable bonds is 69. The number of carbonyl (C=O) groups is 4. The van der Waals surface area contributed by atoms with Crippen LogP contribution in [0.25, 0.3) is 0 Å². The second-order valence-corrected chi connectivity index (χ2v) is 27.4. The Morgan fingerprint density at radius 1 is 0.290 bits per heavy atom. The molecule has 0 aliphatic heterocycles. The number of allylic oxidation sites excluding steroid dienone is 26. The highest BCUT2D eigenvalue weighted by Crippen LogP contribution is 2.45. The summed E-state index contributed by atoms with van der Waals surface area (Å²) >= 11 is 0. The van der Waals surface area contributed by atoms with Crippen LogP contribution < -0.4 is 0 Å². The van der Waals surface area contributed by atoms with Gasteiger partial charge in [0.15, 0.2) is 12.2 Å². The maximum atomic E-state index is 13.1. The number of aliphatic hydroxyl groups is 1. The lowest BCUT2D eigenvalue weighted by molar-refractivity contribution is -0.161. The Bertz CT molecular complexity index is 2520. The molecule has 0 amide bonds. The zero-order chi connectivity index (χ0) is 73.2. The lowest BCUT2D eigenvalue weighted by atomic mass is 10.1. The van der Waals surface area contributed by atoms with Gasteiger partial charge in [-0.25, -0.2) is 9.13 Å². The van der Waals surface area contributed by atoms with Crippen LogP contribution in [0.4, 0.5) is 0 Å². The van der Waals surface area contributed by atoms with Crippen molar-refractivity contribution in [3.05, 3.63) is 158 Å². The van der Waals surface area contributed by atoms with Crippen molar-refractivity contribution in [2.75, 3.05) is 39.6 Å². The highest BCUT2D eigenvalue weighted by Gasteiger charge is 2.30. The van der Waals surface area contributed by atoms with Crippen molar-refractivity contribution in [2.45, 2.75) is 290 Å². The van der Waals surface area contributed by atoms with Crippen LogP contribution in [0.15, 0.2) is 158 Å². The molecule has 0 aromatic rings. The molecule has 19 heteroatoms. The predicted molar refractivity (Wildman–Crippen MR) is 408 cm³/mol. The van der Waals surface area contributed by atoms with E-state index in [0.717, 1.165) is 148 Å². The fraction of sp³-hybridized carbons (Fsp3) is 0.630. The topological polar surface area (TPSA) is 237 Å². The lowest BCUT2D eigenvalue weighted by Gasteiger charge is -2.21. The minimum absolute atomic E-state index is 0.0485. The summed E-state index contributed by atoms with van der Waals surface area (Å²) in [7, 11) is -9.99. The maximum absolute atomic E-state index is 13.1. The Balaban J connectivity index is 5.46. The van der Waals surface area contributed by atoms with E-state index in [2.05, 4.69) is 174 Å². The summed E-state index contributed by atoms with van der Waals surface area (Å²) in [5, 5.41) is 10.6. The number of hydrogen-bond acceptors (Lipinski definition) is 15. The largest absolute Gasteiger partial charge is 0.472 e. The Morgan fingerprint density at radius 2 is 0.530 bits per heavy atom. The van der Waals surface area contributed by atoms with E-state index in [1.807, 2.05) is 12.2 Å². The number of carbonyl (C=O) groups excluding carboxylic acids is 4. The zero-order valence-corrected chi connectivity index (χ0v) is 63.6. The van der Waals surface area contributed by atoms with Crippen LogP contribution >= 0.6 is 15.6 Å². The van der Waals surface area contributed by atoms with E-state index in [1.165, 1.54) is 38.5 Å². The third kappa shape index (κ3) is 71.1. The van der Waals surface area contributed by atoms with Crippen LogP contribution in [0.1, 0.15) is 272 Å². The molecule has 0 rings (SSSR count). The molecule has 0 bridgehead atoms. The van der Waals surface area contributed by atoms with Gasteiger partial charge in [0.1, 0.15) is 19.3 Å². The summed E-state index contributed by atoms with van der Waals surface area (Å²) in [6.07, 6.45) is 82.5. The van der Waals surface area contributed by atoms with E-state index in [1.54, 1.807) is 0 Å². The fourth-order valence-electron chi connectivity index (χ4n) is 9.35. The van der Waals surface area contributed by atoms with E-state index < -0.39 is 97.5 Å². The Labute approximate surface area is 604 Å². The molecule has 568 valence electrons. The predicted octanol–water partition coefficient (Wildman–Crippen LogP) is 21.7. The van der Waals surface area contributed by atoms with Gasteiger partial charge in [0.05, 0.1) is 26.4 Å². The molecule has 0 aromatic heterocycles. The summed E-state index contributed by atoms with van der Waals surface area (Å²) < 4.78 is 68.3. The molecule has 0 heterocycles. The first-order valence-electron chi connectivity index (χ1n) is 37.7. The molecular weight excluding hydrogens is 1310 g/mol. The first kappa shape index (κ1) is 94.7. The van der Waals surface area contributed by atoms with Gasteiger partial charge in [-0.15, -0.1) is 0 Å². The Morgan fingerprint density at radius 3 is 0.860 bits per heavy atom. The van der Waals surface area contributed by atoms with Crippen molar-refractivity contribution in [1.29, 1.82) is 0 Å². The molecule has 0 aromatic carbocycles. The van der Waals surface area contributed by atoms with Gasteiger partial charge in [-0.2, -0.15) is 0 Å². The van der Waals surface area contributed by atoms with Crippen LogP contribution in [-0.4, -0.2) is 96.7 Å². The average Bonchev–Trinajstić information content (AvgIpc) is 1.00. The molecule has 0 radical (unpaired) electrons. The first-order valence-corrected chi connectivity index (χ1v) is 40.7. The molecule has 100 heavy (non-hydrogen) atoms. The van der Waals surface area contributed by atoms with Crippen molar-refractivity contribution < 1.29 is 80.2 Å². The molecule has 0 aliphatic rings. The summed E-state index contributed by atoms with van der Waals surface area (Å²) in [5.41, 5.74) is 0. The van der Waals surface area contributed by atoms with Crippen molar-refractivity contribution >= 4 is 39.5 Å². The summed E-state index contributed by atoms with van der Waals surface area (Å²) in [6, 6.07) is 0. The van der Waals surface area contributed by atoms with Crippen molar-refractivity contribution in [2.24, 2.45) is 0 Å². The number of unbranched alkanes of at least 4 members (excludes halogenated alkanes) is 17. The number of hydrogen-bond donors (Lipinski definition) is 3. The minimum atomic E-state index is -5.00. The molecular formula is C81H132O17P2. The Kier molecular flexibility index (Phi) is 68.2. The molecule has 0 aliphatic carbocycles. The van der Waals surface area contributed by atoms with Gasteiger partial charge in [-0.3, -0.25) is 37.3 Å². The molecule has 0 saturated heterocycles. The summed E-state index contributed by atoms with van der Waals surface area (Å²) in [5.74, 6) is -2.33. The Hall–Kier alpha value is -5.32. The van der Waals surface area contributed by atoms with Crippen LogP contribution in [0.3, 0.4) is 0 Å². The molecule has 0 saturated carbocycles. The van der Waals surface area contributed by atoms with E-state index >= 15 is 0 Å². The van der Waals surface area contributed by atoms with Gasteiger partial charge < -0.3 is 33.8 Å². The second-order valence-electron chi connectivity index (χ2n) is 24.5. The van der Waals surface area contributed by atoms with Crippen LogP contribution in [0, 0.1) is 0 Å². The van der Waals surface area contributed by atoms with Gasteiger partial charge in [-0.05, 0) is 141 Å². The number of esters is 4. The van der Waals surface area contributed by atoms with E-state index in [-0.39, 0.29) is 25.7 Å². The monoisotopic (exact) mass is 1440 g/mol. The zero-order valence-electron chi connectivity index (χ0n) is 61.8. The second kappa shape index (κ2) is 72.0. The van der Waals surface area contributed by atoms with E-state index in [4.69, 9.17) is 37.0 Å². The van der Waals surface area contributed by atoms with Crippen molar-refractivity contribution in [1.82, 2.24) is 0 Å². The molecule has 3 N–H and O–H groups in total.